The highest BCUT2D eigenvalue weighted by Gasteiger charge is 2.37. The second kappa shape index (κ2) is 5.08. The Bertz CT molecular complexity index is 495. The minimum absolute atomic E-state index is 0.0903. The lowest BCUT2D eigenvalue weighted by molar-refractivity contribution is -0.392. The van der Waals surface area contributed by atoms with Gasteiger partial charge in [-0.15, -0.1) is 0 Å². The number of nitro groups is 2. The Morgan fingerprint density at radius 1 is 1.16 bits per heavy atom. The summed E-state index contributed by atoms with van der Waals surface area (Å²) in [6.07, 6.45) is -4.90. The molecule has 0 atom stereocenters. The fourth-order valence-electron chi connectivity index (χ4n) is 1.42. The molecule has 0 spiro atoms. The Morgan fingerprint density at radius 3 is 1.84 bits per heavy atom. The molecule has 104 valence electrons. The minimum atomic E-state index is -4.90. The van der Waals surface area contributed by atoms with Gasteiger partial charge in [0.25, 0.3) is 11.4 Å². The van der Waals surface area contributed by atoms with Crippen molar-refractivity contribution >= 4 is 17.1 Å². The summed E-state index contributed by atoms with van der Waals surface area (Å²) in [5.74, 6) is 0. The van der Waals surface area contributed by atoms with E-state index in [4.69, 9.17) is 0 Å². The van der Waals surface area contributed by atoms with E-state index in [1.165, 1.54) is 6.92 Å². The number of anilines is 1. The van der Waals surface area contributed by atoms with E-state index >= 15 is 0 Å². The number of hydrogen-bond donors (Lipinski definition) is 1. The van der Waals surface area contributed by atoms with E-state index in [-0.39, 0.29) is 18.7 Å². The van der Waals surface area contributed by atoms with Crippen LogP contribution in [0.5, 0.6) is 0 Å². The molecule has 10 heteroatoms. The lowest BCUT2D eigenvalue weighted by Gasteiger charge is -2.10. The van der Waals surface area contributed by atoms with Gasteiger partial charge in [0.15, 0.2) is 5.69 Å². The van der Waals surface area contributed by atoms with Crippen molar-refractivity contribution in [2.45, 2.75) is 13.1 Å². The lowest BCUT2D eigenvalue weighted by Crippen LogP contribution is -2.10. The Hall–Kier alpha value is -2.39. The maximum absolute atomic E-state index is 12.5. The predicted molar refractivity (Wildman–Crippen MR) is 58.9 cm³/mol. The number of hydrogen-bond acceptors (Lipinski definition) is 5. The maximum atomic E-state index is 12.5. The van der Waals surface area contributed by atoms with Crippen LogP contribution in [-0.2, 0) is 6.18 Å². The summed E-state index contributed by atoms with van der Waals surface area (Å²) < 4.78 is 37.6. The number of nitro benzene ring substituents is 2. The summed E-state index contributed by atoms with van der Waals surface area (Å²) in [6.45, 7) is 1.60. The molecule has 0 heterocycles. The Morgan fingerprint density at radius 2 is 1.58 bits per heavy atom. The number of alkyl halides is 3. The van der Waals surface area contributed by atoms with Crippen LogP contribution in [0.1, 0.15) is 12.5 Å². The molecule has 0 aliphatic carbocycles. The van der Waals surface area contributed by atoms with Crippen molar-refractivity contribution in [3.63, 3.8) is 0 Å². The lowest BCUT2D eigenvalue weighted by atomic mass is 10.1. The van der Waals surface area contributed by atoms with Crippen molar-refractivity contribution in [3.8, 4) is 0 Å². The summed E-state index contributed by atoms with van der Waals surface area (Å²) in [6, 6.07) is 0.538. The maximum Gasteiger partial charge on any atom is 0.416 e. The van der Waals surface area contributed by atoms with Crippen LogP contribution in [0.3, 0.4) is 0 Å². The zero-order chi connectivity index (χ0) is 14.8. The van der Waals surface area contributed by atoms with Gasteiger partial charge in [0.1, 0.15) is 0 Å². The van der Waals surface area contributed by atoms with E-state index in [9.17, 15) is 33.4 Å². The third kappa shape index (κ3) is 3.09. The highest BCUT2D eigenvalue weighted by atomic mass is 19.4. The van der Waals surface area contributed by atoms with Gasteiger partial charge in [0.2, 0.25) is 0 Å². The summed E-state index contributed by atoms with van der Waals surface area (Å²) in [7, 11) is 0. The highest BCUT2D eigenvalue weighted by molar-refractivity contribution is 5.75. The first kappa shape index (κ1) is 14.7. The number of halogens is 3. The Labute approximate surface area is 104 Å². The van der Waals surface area contributed by atoms with Gasteiger partial charge in [-0.3, -0.25) is 20.2 Å². The van der Waals surface area contributed by atoms with Gasteiger partial charge >= 0.3 is 6.18 Å². The molecular formula is C9H8F3N3O4. The molecule has 0 radical (unpaired) electrons. The predicted octanol–water partition coefficient (Wildman–Crippen LogP) is 2.95. The quantitative estimate of drug-likeness (QED) is 0.674. The summed E-state index contributed by atoms with van der Waals surface area (Å²) >= 11 is 0. The number of benzene rings is 1. The van der Waals surface area contributed by atoms with Gasteiger partial charge < -0.3 is 5.32 Å². The first-order valence-corrected chi connectivity index (χ1v) is 4.96. The van der Waals surface area contributed by atoms with Crippen molar-refractivity contribution in [1.82, 2.24) is 0 Å². The summed E-state index contributed by atoms with van der Waals surface area (Å²) in [5, 5.41) is 23.8. The average Bonchev–Trinajstić information content (AvgIpc) is 2.27. The van der Waals surface area contributed by atoms with Gasteiger partial charge in [0, 0.05) is 18.7 Å². The molecule has 0 aliphatic rings. The second-order valence-electron chi connectivity index (χ2n) is 3.43. The van der Waals surface area contributed by atoms with E-state index in [0.717, 1.165) is 0 Å². The van der Waals surface area contributed by atoms with Crippen LogP contribution >= 0.6 is 0 Å². The van der Waals surface area contributed by atoms with Crippen LogP contribution in [-0.4, -0.2) is 16.4 Å². The minimum Gasteiger partial charge on any atom is -0.374 e. The van der Waals surface area contributed by atoms with Crippen LogP contribution in [0.15, 0.2) is 12.1 Å². The van der Waals surface area contributed by atoms with Crippen LogP contribution in [0.4, 0.5) is 30.2 Å². The second-order valence-corrected chi connectivity index (χ2v) is 3.43. The number of nitrogens with one attached hydrogen (secondary N) is 1. The van der Waals surface area contributed by atoms with Crippen LogP contribution in [0.2, 0.25) is 0 Å². The first-order chi connectivity index (χ1) is 8.68. The molecule has 1 aromatic carbocycles. The topological polar surface area (TPSA) is 98.3 Å². The first-order valence-electron chi connectivity index (χ1n) is 4.96. The molecule has 7 nitrogen and oxygen atoms in total. The average molecular weight is 279 g/mol. The van der Waals surface area contributed by atoms with Gasteiger partial charge in [-0.05, 0) is 6.92 Å². The largest absolute Gasteiger partial charge is 0.416 e. The fraction of sp³-hybridized carbons (Fsp3) is 0.333. The van der Waals surface area contributed by atoms with E-state index in [1.807, 2.05) is 0 Å². The molecule has 0 unspecified atom stereocenters. The Kier molecular flexibility index (Phi) is 3.92. The van der Waals surface area contributed by atoms with Gasteiger partial charge in [-0.2, -0.15) is 13.2 Å². The van der Waals surface area contributed by atoms with E-state index in [1.54, 1.807) is 0 Å². The fourth-order valence-corrected chi connectivity index (χ4v) is 1.42. The molecule has 0 bridgehead atoms. The van der Waals surface area contributed by atoms with Gasteiger partial charge in [-0.25, -0.2) is 0 Å². The van der Waals surface area contributed by atoms with E-state index in [0.29, 0.717) is 0 Å². The van der Waals surface area contributed by atoms with Gasteiger partial charge in [-0.1, -0.05) is 0 Å². The molecule has 0 amide bonds. The molecule has 1 aromatic rings. The third-order valence-electron chi connectivity index (χ3n) is 2.17. The highest BCUT2D eigenvalue weighted by Crippen LogP contribution is 2.40. The molecule has 1 N–H and O–H groups in total. The van der Waals surface area contributed by atoms with Crippen molar-refractivity contribution in [1.29, 1.82) is 0 Å². The van der Waals surface area contributed by atoms with Crippen molar-refractivity contribution in [2.24, 2.45) is 0 Å². The van der Waals surface area contributed by atoms with E-state index in [2.05, 4.69) is 5.32 Å². The van der Waals surface area contributed by atoms with Gasteiger partial charge in [0.05, 0.1) is 15.4 Å². The van der Waals surface area contributed by atoms with Crippen molar-refractivity contribution < 1.29 is 23.0 Å². The molecule has 19 heavy (non-hydrogen) atoms. The van der Waals surface area contributed by atoms with E-state index < -0.39 is 38.6 Å². The summed E-state index contributed by atoms with van der Waals surface area (Å²) in [5.41, 5.74) is -3.94. The number of rotatable bonds is 4. The van der Waals surface area contributed by atoms with Crippen LogP contribution in [0, 0.1) is 20.2 Å². The van der Waals surface area contributed by atoms with Crippen LogP contribution < -0.4 is 5.32 Å². The standard InChI is InChI=1S/C9H8F3N3O4/c1-2-13-8-6(14(16)17)3-5(9(10,11)12)4-7(8)15(18)19/h3-4,13H,2H2,1H3. The zero-order valence-corrected chi connectivity index (χ0v) is 9.52. The summed E-state index contributed by atoms with van der Waals surface area (Å²) in [4.78, 5) is 19.3. The third-order valence-corrected chi connectivity index (χ3v) is 2.17. The molecule has 0 saturated carbocycles. The molecule has 0 fully saturated rings. The SMILES string of the molecule is CCNc1c([N+](=O)[O-])cc(C(F)(F)F)cc1[N+](=O)[O-]. The molecule has 1 rings (SSSR count). The number of nitrogens with zero attached hydrogens (tertiary/aromatic N) is 2. The van der Waals surface area contributed by atoms with Crippen molar-refractivity contribution in [3.05, 3.63) is 37.9 Å². The molecular weight excluding hydrogens is 271 g/mol. The smallest absolute Gasteiger partial charge is 0.374 e. The normalized spacial score (nSPS) is 11.2. The Balaban J connectivity index is 3.62. The van der Waals surface area contributed by atoms with Crippen molar-refractivity contribution in [2.75, 3.05) is 11.9 Å². The van der Waals surface area contributed by atoms with Crippen LogP contribution in [0.25, 0.3) is 0 Å². The monoisotopic (exact) mass is 279 g/mol. The zero-order valence-electron chi connectivity index (χ0n) is 9.52. The molecule has 0 aromatic heterocycles. The molecule has 0 saturated heterocycles. The molecule has 0 aliphatic heterocycles.